The molecule has 0 heterocycles. The first-order chi connectivity index (χ1) is 10.6. The number of hydrogen-bond donors (Lipinski definition) is 2. The molecule has 0 amide bonds. The van der Waals surface area contributed by atoms with Crippen molar-refractivity contribution in [3.63, 3.8) is 0 Å². The fourth-order valence-electron chi connectivity index (χ4n) is 3.76. The number of ketones is 1. The summed E-state index contributed by atoms with van der Waals surface area (Å²) >= 11 is 0. The third kappa shape index (κ3) is 2.76. The molecule has 2 bridgehead atoms. The maximum Gasteiger partial charge on any atom is 0.336 e. The first kappa shape index (κ1) is 17.2. The Labute approximate surface area is 135 Å². The SMILES string of the molecule is CC12CCC(CC1=O)C2(C)C.O=C(O)c1ccccc1C(=O)O. The molecule has 0 saturated heterocycles. The summed E-state index contributed by atoms with van der Waals surface area (Å²) in [4.78, 5) is 32.5. The third-order valence-corrected chi connectivity index (χ3v) is 5.87. The zero-order valence-corrected chi connectivity index (χ0v) is 13.6. The molecular formula is C18H22O5. The van der Waals surface area contributed by atoms with E-state index in [2.05, 4.69) is 20.8 Å². The Morgan fingerprint density at radius 1 is 1.04 bits per heavy atom. The second kappa shape index (κ2) is 5.80. The number of carboxylic acids is 2. The van der Waals surface area contributed by atoms with E-state index in [-0.39, 0.29) is 22.0 Å². The first-order valence-corrected chi connectivity index (χ1v) is 7.70. The smallest absolute Gasteiger partial charge is 0.336 e. The molecule has 2 N–H and O–H groups in total. The number of hydrogen-bond acceptors (Lipinski definition) is 3. The van der Waals surface area contributed by atoms with Gasteiger partial charge in [0.1, 0.15) is 5.78 Å². The van der Waals surface area contributed by atoms with Crippen LogP contribution in [0.15, 0.2) is 24.3 Å². The van der Waals surface area contributed by atoms with Gasteiger partial charge in [0.25, 0.3) is 0 Å². The quantitative estimate of drug-likeness (QED) is 0.871. The molecule has 1 aromatic rings. The molecule has 2 unspecified atom stereocenters. The minimum absolute atomic E-state index is 0.0255. The predicted molar refractivity (Wildman–Crippen MR) is 84.6 cm³/mol. The molecule has 3 rings (SSSR count). The summed E-state index contributed by atoms with van der Waals surface area (Å²) < 4.78 is 0. The Bertz CT molecular complexity index is 628. The Morgan fingerprint density at radius 3 is 1.74 bits per heavy atom. The van der Waals surface area contributed by atoms with E-state index in [1.54, 1.807) is 0 Å². The molecule has 5 nitrogen and oxygen atoms in total. The molecular weight excluding hydrogens is 296 g/mol. The predicted octanol–water partition coefficient (Wildman–Crippen LogP) is 3.48. The van der Waals surface area contributed by atoms with E-state index in [1.165, 1.54) is 30.7 Å². The summed E-state index contributed by atoms with van der Waals surface area (Å²) in [7, 11) is 0. The van der Waals surface area contributed by atoms with Gasteiger partial charge in [-0.1, -0.05) is 32.9 Å². The highest BCUT2D eigenvalue weighted by Gasteiger charge is 2.61. The van der Waals surface area contributed by atoms with Crippen LogP contribution in [0.1, 0.15) is 60.7 Å². The van der Waals surface area contributed by atoms with Gasteiger partial charge in [0.15, 0.2) is 0 Å². The highest BCUT2D eigenvalue weighted by Crippen LogP contribution is 2.63. The summed E-state index contributed by atoms with van der Waals surface area (Å²) in [6, 6.07) is 5.48. The van der Waals surface area contributed by atoms with Gasteiger partial charge in [0, 0.05) is 11.8 Å². The maximum atomic E-state index is 11.6. The summed E-state index contributed by atoms with van der Waals surface area (Å²) in [6.45, 7) is 6.67. The van der Waals surface area contributed by atoms with Crippen LogP contribution in [0.25, 0.3) is 0 Å². The molecule has 0 spiro atoms. The summed E-state index contributed by atoms with van der Waals surface area (Å²) in [6.07, 6.45) is 3.25. The molecule has 23 heavy (non-hydrogen) atoms. The van der Waals surface area contributed by atoms with Crippen LogP contribution in [0.4, 0.5) is 0 Å². The molecule has 1 aromatic carbocycles. The number of carboxylic acid groups (broad SMARTS) is 2. The summed E-state index contributed by atoms with van der Waals surface area (Å²) in [5.41, 5.74) is -0.0723. The Morgan fingerprint density at radius 2 is 1.52 bits per heavy atom. The number of carbonyl (C=O) groups excluding carboxylic acids is 1. The molecule has 5 heteroatoms. The van der Waals surface area contributed by atoms with E-state index in [0.717, 1.165) is 12.8 Å². The number of carbonyl (C=O) groups is 3. The highest BCUT2D eigenvalue weighted by atomic mass is 16.4. The van der Waals surface area contributed by atoms with Crippen LogP contribution in [0, 0.1) is 16.7 Å². The van der Waals surface area contributed by atoms with Crippen LogP contribution in [-0.4, -0.2) is 27.9 Å². The molecule has 0 radical (unpaired) electrons. The van der Waals surface area contributed by atoms with Gasteiger partial charge in [0.2, 0.25) is 0 Å². The average Bonchev–Trinajstić information content (AvgIpc) is 2.81. The van der Waals surface area contributed by atoms with Crippen LogP contribution < -0.4 is 0 Å². The van der Waals surface area contributed by atoms with Crippen LogP contribution in [0.5, 0.6) is 0 Å². The lowest BCUT2D eigenvalue weighted by Gasteiger charge is -2.32. The van der Waals surface area contributed by atoms with Crippen molar-refractivity contribution in [3.05, 3.63) is 35.4 Å². The van der Waals surface area contributed by atoms with E-state index in [4.69, 9.17) is 10.2 Å². The summed E-state index contributed by atoms with van der Waals surface area (Å²) in [5.74, 6) is -1.26. The third-order valence-electron chi connectivity index (χ3n) is 5.87. The minimum atomic E-state index is -1.23. The average molecular weight is 318 g/mol. The normalized spacial score (nSPS) is 27.3. The minimum Gasteiger partial charge on any atom is -0.478 e. The van der Waals surface area contributed by atoms with Crippen molar-refractivity contribution >= 4 is 17.7 Å². The van der Waals surface area contributed by atoms with Gasteiger partial charge >= 0.3 is 11.9 Å². The van der Waals surface area contributed by atoms with E-state index >= 15 is 0 Å². The van der Waals surface area contributed by atoms with Crippen molar-refractivity contribution in [2.24, 2.45) is 16.7 Å². The van der Waals surface area contributed by atoms with Gasteiger partial charge < -0.3 is 10.2 Å². The number of Topliss-reactive ketones (excluding diaryl/α,β-unsaturated/α-hetero) is 1. The van der Waals surface area contributed by atoms with Gasteiger partial charge in [-0.2, -0.15) is 0 Å². The zero-order chi connectivity index (χ0) is 17.4. The van der Waals surface area contributed by atoms with Gasteiger partial charge in [-0.15, -0.1) is 0 Å². The van der Waals surface area contributed by atoms with E-state index in [1.807, 2.05) is 0 Å². The van der Waals surface area contributed by atoms with Crippen molar-refractivity contribution in [1.29, 1.82) is 0 Å². The second-order valence-corrected chi connectivity index (χ2v) is 7.07. The van der Waals surface area contributed by atoms with E-state index in [9.17, 15) is 14.4 Å². The Balaban J connectivity index is 0.000000167. The fourth-order valence-corrected chi connectivity index (χ4v) is 3.76. The largest absolute Gasteiger partial charge is 0.478 e. The lowest BCUT2D eigenvalue weighted by Crippen LogP contribution is -2.32. The number of benzene rings is 1. The lowest BCUT2D eigenvalue weighted by molar-refractivity contribution is -0.128. The van der Waals surface area contributed by atoms with Crippen molar-refractivity contribution in [1.82, 2.24) is 0 Å². The standard InChI is InChI=1S/C10H16O.C8H6O4/c1-9(2)7-4-5-10(9,3)8(11)6-7;9-7(10)5-3-1-2-4-6(5)8(11)12/h7H,4-6H2,1-3H3;1-4H,(H,9,10)(H,11,12). The van der Waals surface area contributed by atoms with E-state index in [0.29, 0.717) is 11.7 Å². The van der Waals surface area contributed by atoms with Gasteiger partial charge in [-0.3, -0.25) is 4.79 Å². The van der Waals surface area contributed by atoms with Crippen LogP contribution >= 0.6 is 0 Å². The van der Waals surface area contributed by atoms with Gasteiger partial charge in [-0.25, -0.2) is 9.59 Å². The lowest BCUT2D eigenvalue weighted by atomic mass is 9.70. The van der Waals surface area contributed by atoms with Crippen LogP contribution in [0.3, 0.4) is 0 Å². The summed E-state index contributed by atoms with van der Waals surface area (Å²) in [5, 5.41) is 17.1. The number of aromatic carboxylic acids is 2. The molecule has 0 aromatic heterocycles. The molecule has 2 aliphatic rings. The van der Waals surface area contributed by atoms with Crippen molar-refractivity contribution in [3.8, 4) is 0 Å². The maximum absolute atomic E-state index is 11.6. The topological polar surface area (TPSA) is 91.7 Å². The van der Waals surface area contributed by atoms with Crippen molar-refractivity contribution in [2.75, 3.05) is 0 Å². The van der Waals surface area contributed by atoms with Crippen molar-refractivity contribution < 1.29 is 24.6 Å². The van der Waals surface area contributed by atoms with E-state index < -0.39 is 11.9 Å². The van der Waals surface area contributed by atoms with Crippen LogP contribution in [-0.2, 0) is 4.79 Å². The molecule has 0 aliphatic heterocycles. The Hall–Kier alpha value is -2.17. The van der Waals surface area contributed by atoms with Gasteiger partial charge in [-0.05, 0) is 36.3 Å². The first-order valence-electron chi connectivity index (χ1n) is 7.70. The fraction of sp³-hybridized carbons (Fsp3) is 0.500. The molecule has 2 atom stereocenters. The van der Waals surface area contributed by atoms with Crippen molar-refractivity contribution in [2.45, 2.75) is 40.0 Å². The molecule has 124 valence electrons. The molecule has 2 aliphatic carbocycles. The number of rotatable bonds is 2. The molecule has 2 saturated carbocycles. The zero-order valence-electron chi connectivity index (χ0n) is 13.6. The number of fused-ring (bicyclic) bond motifs is 2. The Kier molecular flexibility index (Phi) is 4.33. The molecule has 2 fully saturated rings. The van der Waals surface area contributed by atoms with Crippen LogP contribution in [0.2, 0.25) is 0 Å². The van der Waals surface area contributed by atoms with Gasteiger partial charge in [0.05, 0.1) is 11.1 Å². The highest BCUT2D eigenvalue weighted by molar-refractivity contribution is 6.01. The monoisotopic (exact) mass is 318 g/mol. The second-order valence-electron chi connectivity index (χ2n) is 7.07.